The highest BCUT2D eigenvalue weighted by atomic mass is 32.2. The molecular formula is C14H17N3O5S. The first-order chi connectivity index (χ1) is 10.8. The maximum absolute atomic E-state index is 12.0. The van der Waals surface area contributed by atoms with Crippen LogP contribution in [-0.2, 0) is 14.8 Å². The zero-order valence-corrected chi connectivity index (χ0v) is 13.6. The molecule has 0 aliphatic carbocycles. The Balaban J connectivity index is 1.86. The van der Waals surface area contributed by atoms with Gasteiger partial charge in [-0.25, -0.2) is 13.2 Å². The van der Waals surface area contributed by atoms with Gasteiger partial charge in [0.15, 0.2) is 0 Å². The maximum atomic E-state index is 12.0. The average Bonchev–Trinajstić information content (AvgIpc) is 2.72. The zero-order valence-electron chi connectivity index (χ0n) is 12.8. The number of fused-ring (bicyclic) bond motifs is 1. The fourth-order valence-electron chi connectivity index (χ4n) is 2.72. The SMILES string of the molecule is CN1CC(=O)N(C[C@H]2CN(S(C)(=O)=O)c3ccccc3O2)C1=O. The molecule has 0 unspecified atom stereocenters. The van der Waals surface area contributed by atoms with Crippen molar-refractivity contribution in [3.63, 3.8) is 0 Å². The first kappa shape index (κ1) is 15.6. The van der Waals surface area contributed by atoms with Gasteiger partial charge in [0.25, 0.3) is 0 Å². The van der Waals surface area contributed by atoms with E-state index in [1.54, 1.807) is 31.3 Å². The second-order valence-electron chi connectivity index (χ2n) is 5.64. The van der Waals surface area contributed by atoms with Gasteiger partial charge >= 0.3 is 6.03 Å². The first-order valence-electron chi connectivity index (χ1n) is 7.06. The quantitative estimate of drug-likeness (QED) is 0.730. The van der Waals surface area contributed by atoms with Gasteiger partial charge in [-0.1, -0.05) is 12.1 Å². The van der Waals surface area contributed by atoms with Crippen molar-refractivity contribution in [1.29, 1.82) is 0 Å². The molecule has 1 fully saturated rings. The van der Waals surface area contributed by atoms with Crippen LogP contribution in [0.4, 0.5) is 10.5 Å². The lowest BCUT2D eigenvalue weighted by atomic mass is 10.2. The van der Waals surface area contributed by atoms with E-state index >= 15 is 0 Å². The summed E-state index contributed by atoms with van der Waals surface area (Å²) in [5, 5.41) is 0. The Hall–Kier alpha value is -2.29. The highest BCUT2D eigenvalue weighted by Gasteiger charge is 2.38. The van der Waals surface area contributed by atoms with Crippen molar-refractivity contribution in [2.75, 3.05) is 37.2 Å². The predicted octanol–water partition coefficient (Wildman–Crippen LogP) is 0.108. The van der Waals surface area contributed by atoms with Gasteiger partial charge in [0, 0.05) is 7.05 Å². The molecule has 23 heavy (non-hydrogen) atoms. The summed E-state index contributed by atoms with van der Waals surface area (Å²) in [6.07, 6.45) is 0.505. The molecule has 0 bridgehead atoms. The zero-order chi connectivity index (χ0) is 16.8. The number of rotatable bonds is 3. The number of amides is 3. The molecule has 124 valence electrons. The summed E-state index contributed by atoms with van der Waals surface area (Å²) in [6.45, 7) is 0.0942. The molecule has 0 aromatic heterocycles. The van der Waals surface area contributed by atoms with Crippen molar-refractivity contribution < 1.29 is 22.7 Å². The molecule has 8 nitrogen and oxygen atoms in total. The number of likely N-dealkylation sites (N-methyl/N-ethyl adjacent to an activating group) is 1. The van der Waals surface area contributed by atoms with Gasteiger partial charge in [0.2, 0.25) is 15.9 Å². The molecule has 2 aliphatic rings. The van der Waals surface area contributed by atoms with Gasteiger partial charge in [-0.2, -0.15) is 0 Å². The lowest BCUT2D eigenvalue weighted by Crippen LogP contribution is -2.49. The highest BCUT2D eigenvalue weighted by molar-refractivity contribution is 7.92. The minimum atomic E-state index is -3.49. The molecule has 0 spiro atoms. The number of imide groups is 1. The number of benzene rings is 1. The molecule has 2 aliphatic heterocycles. The third-order valence-corrected chi connectivity index (χ3v) is 4.96. The Morgan fingerprint density at radius 3 is 2.57 bits per heavy atom. The van der Waals surface area contributed by atoms with Crippen molar-refractivity contribution in [2.45, 2.75) is 6.10 Å². The van der Waals surface area contributed by atoms with E-state index < -0.39 is 22.2 Å². The minimum Gasteiger partial charge on any atom is -0.484 e. The van der Waals surface area contributed by atoms with Crippen LogP contribution >= 0.6 is 0 Å². The Kier molecular flexibility index (Phi) is 3.67. The number of nitrogens with zero attached hydrogens (tertiary/aromatic N) is 3. The van der Waals surface area contributed by atoms with E-state index in [2.05, 4.69) is 0 Å². The van der Waals surface area contributed by atoms with E-state index in [1.165, 1.54) is 9.21 Å². The van der Waals surface area contributed by atoms with Crippen molar-refractivity contribution in [1.82, 2.24) is 9.80 Å². The van der Waals surface area contributed by atoms with Crippen LogP contribution in [0.5, 0.6) is 5.75 Å². The summed E-state index contributed by atoms with van der Waals surface area (Å²) in [4.78, 5) is 26.2. The first-order valence-corrected chi connectivity index (χ1v) is 8.91. The number of sulfonamides is 1. The average molecular weight is 339 g/mol. The monoisotopic (exact) mass is 339 g/mol. The molecule has 1 atom stereocenters. The Morgan fingerprint density at radius 2 is 1.96 bits per heavy atom. The summed E-state index contributed by atoms with van der Waals surface area (Å²) in [5.74, 6) is 0.104. The van der Waals surface area contributed by atoms with E-state index in [0.717, 1.165) is 11.2 Å². The van der Waals surface area contributed by atoms with Crippen LogP contribution in [0, 0.1) is 0 Å². The van der Waals surface area contributed by atoms with Crippen LogP contribution in [0.2, 0.25) is 0 Å². The number of ether oxygens (including phenoxy) is 1. The van der Waals surface area contributed by atoms with Crippen molar-refractivity contribution in [3.8, 4) is 5.75 Å². The van der Waals surface area contributed by atoms with Crippen molar-refractivity contribution in [3.05, 3.63) is 24.3 Å². The van der Waals surface area contributed by atoms with Crippen molar-refractivity contribution >= 4 is 27.6 Å². The molecule has 1 aromatic rings. The lowest BCUT2D eigenvalue weighted by Gasteiger charge is -2.35. The number of carbonyl (C=O) groups is 2. The van der Waals surface area contributed by atoms with Gasteiger partial charge < -0.3 is 9.64 Å². The lowest BCUT2D eigenvalue weighted by molar-refractivity contribution is -0.126. The molecule has 0 saturated carbocycles. The topological polar surface area (TPSA) is 87.2 Å². The fraction of sp³-hybridized carbons (Fsp3) is 0.429. The molecule has 3 rings (SSSR count). The van der Waals surface area contributed by atoms with Crippen LogP contribution < -0.4 is 9.04 Å². The number of urea groups is 1. The number of para-hydroxylation sites is 2. The molecule has 1 saturated heterocycles. The van der Waals surface area contributed by atoms with Gasteiger partial charge in [0.05, 0.1) is 25.0 Å². The summed E-state index contributed by atoms with van der Waals surface area (Å²) < 4.78 is 31.1. The van der Waals surface area contributed by atoms with E-state index in [0.29, 0.717) is 11.4 Å². The van der Waals surface area contributed by atoms with Gasteiger partial charge in [0.1, 0.15) is 18.4 Å². The van der Waals surface area contributed by atoms with Crippen LogP contribution in [-0.4, -0.2) is 69.2 Å². The Labute approximate surface area is 134 Å². The van der Waals surface area contributed by atoms with E-state index in [9.17, 15) is 18.0 Å². The maximum Gasteiger partial charge on any atom is 0.327 e. The number of hydrogen-bond donors (Lipinski definition) is 0. The number of carbonyl (C=O) groups excluding carboxylic acids is 2. The second-order valence-corrected chi connectivity index (χ2v) is 7.55. The van der Waals surface area contributed by atoms with Crippen LogP contribution in [0.3, 0.4) is 0 Å². The highest BCUT2D eigenvalue weighted by Crippen LogP contribution is 2.34. The summed E-state index contributed by atoms with van der Waals surface area (Å²) >= 11 is 0. The fourth-order valence-corrected chi connectivity index (χ4v) is 3.67. The Bertz CT molecular complexity index is 763. The number of anilines is 1. The van der Waals surface area contributed by atoms with Crippen molar-refractivity contribution in [2.24, 2.45) is 0 Å². The third-order valence-electron chi connectivity index (χ3n) is 3.81. The van der Waals surface area contributed by atoms with E-state index in [4.69, 9.17) is 4.74 Å². The largest absolute Gasteiger partial charge is 0.484 e. The third kappa shape index (κ3) is 2.83. The molecule has 9 heteroatoms. The van der Waals surface area contributed by atoms with E-state index in [-0.39, 0.29) is 25.5 Å². The van der Waals surface area contributed by atoms with Gasteiger partial charge in [-0.3, -0.25) is 14.0 Å². The summed E-state index contributed by atoms with van der Waals surface area (Å²) in [5.41, 5.74) is 0.461. The van der Waals surface area contributed by atoms with Crippen LogP contribution in [0.1, 0.15) is 0 Å². The Morgan fingerprint density at radius 1 is 1.26 bits per heavy atom. The standard InChI is InChI=1S/C14H17N3O5S/c1-15-9-13(18)16(14(15)19)7-10-8-17(23(2,20)21)11-5-3-4-6-12(11)22-10/h3-6,10H,7-9H2,1-2H3/t10-/m0/s1. The summed E-state index contributed by atoms with van der Waals surface area (Å²) in [6, 6.07) is 6.39. The molecule has 0 N–H and O–H groups in total. The minimum absolute atomic E-state index is 0.0162. The van der Waals surface area contributed by atoms with E-state index in [1.807, 2.05) is 0 Å². The molecule has 3 amide bonds. The second kappa shape index (κ2) is 5.41. The molecular weight excluding hydrogens is 322 g/mol. The van der Waals surface area contributed by atoms with Gasteiger partial charge in [-0.05, 0) is 12.1 Å². The molecule has 1 aromatic carbocycles. The molecule has 0 radical (unpaired) electrons. The normalized spacial score (nSPS) is 21.5. The van der Waals surface area contributed by atoms with Crippen LogP contribution in [0.25, 0.3) is 0 Å². The number of hydrogen-bond acceptors (Lipinski definition) is 5. The molecule has 2 heterocycles. The van der Waals surface area contributed by atoms with Gasteiger partial charge in [-0.15, -0.1) is 0 Å². The predicted molar refractivity (Wildman–Crippen MR) is 82.8 cm³/mol. The summed E-state index contributed by atoms with van der Waals surface area (Å²) in [7, 11) is -1.95. The van der Waals surface area contributed by atoms with Crippen LogP contribution in [0.15, 0.2) is 24.3 Å². The smallest absolute Gasteiger partial charge is 0.327 e.